The quantitative estimate of drug-likeness (QED) is 0.566. The number of thioether (sulfide) groups is 1. The Balaban J connectivity index is 2.24. The number of allylic oxidation sites excluding steroid dienone is 1. The third-order valence-corrected chi connectivity index (χ3v) is 4.59. The van der Waals surface area contributed by atoms with Crippen LogP contribution in [0.15, 0.2) is 47.3 Å². The second-order valence-electron chi connectivity index (χ2n) is 5.19. The Labute approximate surface area is 150 Å². The van der Waals surface area contributed by atoms with Crippen molar-refractivity contribution in [3.8, 4) is 5.75 Å². The smallest absolute Gasteiger partial charge is 0.310 e. The fraction of sp³-hybridized carbons (Fsp3) is 0.333. The number of hydrogen-bond donors (Lipinski definition) is 0. The largest absolute Gasteiger partial charge is 0.497 e. The third-order valence-electron chi connectivity index (χ3n) is 3.36. The Morgan fingerprint density at radius 2 is 1.76 bits per heavy atom. The van der Waals surface area contributed by atoms with E-state index in [1.54, 1.807) is 13.2 Å². The summed E-state index contributed by atoms with van der Waals surface area (Å²) < 4.78 is 20.9. The maximum atomic E-state index is 11.5. The van der Waals surface area contributed by atoms with Gasteiger partial charge in [-0.25, -0.2) is 0 Å². The Hall–Kier alpha value is -2.41. The first-order valence-electron chi connectivity index (χ1n) is 7.57. The van der Waals surface area contributed by atoms with Crippen LogP contribution in [0.5, 0.6) is 5.75 Å². The summed E-state index contributed by atoms with van der Waals surface area (Å²) in [7, 11) is 3.02. The number of carbonyl (C=O) groups excluding carboxylic acids is 2. The lowest BCUT2D eigenvalue weighted by Crippen LogP contribution is -2.18. The van der Waals surface area contributed by atoms with E-state index in [4.69, 9.17) is 18.9 Å². The topological polar surface area (TPSA) is 71.1 Å². The van der Waals surface area contributed by atoms with E-state index >= 15 is 0 Å². The van der Waals surface area contributed by atoms with Gasteiger partial charge in [-0.2, -0.15) is 0 Å². The number of rotatable bonds is 6. The predicted molar refractivity (Wildman–Crippen MR) is 93.8 cm³/mol. The van der Waals surface area contributed by atoms with Gasteiger partial charge in [0.25, 0.3) is 0 Å². The molecule has 1 aromatic carbocycles. The van der Waals surface area contributed by atoms with Crippen molar-refractivity contribution >= 4 is 23.7 Å². The minimum Gasteiger partial charge on any atom is -0.497 e. The van der Waals surface area contributed by atoms with Gasteiger partial charge in [0.1, 0.15) is 11.9 Å². The van der Waals surface area contributed by atoms with Gasteiger partial charge in [0.05, 0.1) is 24.4 Å². The molecule has 1 heterocycles. The van der Waals surface area contributed by atoms with Gasteiger partial charge in [0, 0.05) is 13.8 Å². The lowest BCUT2D eigenvalue weighted by molar-refractivity contribution is -0.146. The summed E-state index contributed by atoms with van der Waals surface area (Å²) in [4.78, 5) is 23.4. The molecule has 0 aromatic heterocycles. The lowest BCUT2D eigenvalue weighted by Gasteiger charge is -2.22. The number of methoxy groups -OCH3 is 2. The summed E-state index contributed by atoms with van der Waals surface area (Å²) in [6.45, 7) is 2.68. The van der Waals surface area contributed by atoms with Gasteiger partial charge in [0.15, 0.2) is 0 Å². The van der Waals surface area contributed by atoms with E-state index < -0.39 is 12.1 Å². The van der Waals surface area contributed by atoms with Crippen LogP contribution in [0.2, 0.25) is 0 Å². The monoisotopic (exact) mass is 364 g/mol. The zero-order valence-electron chi connectivity index (χ0n) is 14.5. The van der Waals surface area contributed by atoms with Crippen LogP contribution in [-0.4, -0.2) is 31.4 Å². The number of esters is 2. The van der Waals surface area contributed by atoms with Gasteiger partial charge in [-0.3, -0.25) is 9.59 Å². The fourth-order valence-electron chi connectivity index (χ4n) is 2.31. The van der Waals surface area contributed by atoms with Crippen LogP contribution in [0.25, 0.3) is 0 Å². The van der Waals surface area contributed by atoms with Gasteiger partial charge in [0.2, 0.25) is 0 Å². The first kappa shape index (κ1) is 18.9. The number of ether oxygens (including phenoxy) is 4. The summed E-state index contributed by atoms with van der Waals surface area (Å²) in [5, 5.41) is -0.173. The van der Waals surface area contributed by atoms with Gasteiger partial charge in [-0.05, 0) is 23.8 Å². The van der Waals surface area contributed by atoms with E-state index in [1.807, 2.05) is 30.3 Å². The predicted octanol–water partition coefficient (Wildman–Crippen LogP) is 3.35. The van der Waals surface area contributed by atoms with Crippen molar-refractivity contribution in [2.24, 2.45) is 0 Å². The molecule has 1 aliphatic rings. The Morgan fingerprint density at radius 1 is 1.08 bits per heavy atom. The Morgan fingerprint density at radius 3 is 2.28 bits per heavy atom. The standard InChI is InChI=1S/C18H20O6S/c1-11(19)23-17(13-5-7-14(21-3)8-6-13)15-9-10-16(25-15)18(22-4)24-12(2)20/h5-10,15,17H,1-4H3/b18-16-/t15-,17?/m1/s1. The normalized spacial score (nSPS) is 19.1. The van der Waals surface area contributed by atoms with Crippen molar-refractivity contribution in [1.82, 2.24) is 0 Å². The molecule has 0 saturated heterocycles. The fourth-order valence-corrected chi connectivity index (χ4v) is 3.47. The molecule has 0 bridgehead atoms. The zero-order chi connectivity index (χ0) is 18.4. The van der Waals surface area contributed by atoms with Crippen molar-refractivity contribution in [1.29, 1.82) is 0 Å². The van der Waals surface area contributed by atoms with E-state index in [-0.39, 0.29) is 17.2 Å². The molecule has 0 amide bonds. The maximum Gasteiger partial charge on any atom is 0.310 e. The highest BCUT2D eigenvalue weighted by molar-refractivity contribution is 8.04. The zero-order valence-corrected chi connectivity index (χ0v) is 15.3. The van der Waals surface area contributed by atoms with Gasteiger partial charge >= 0.3 is 17.9 Å². The van der Waals surface area contributed by atoms with E-state index in [0.29, 0.717) is 4.91 Å². The van der Waals surface area contributed by atoms with Crippen molar-refractivity contribution in [2.75, 3.05) is 14.2 Å². The van der Waals surface area contributed by atoms with Crippen molar-refractivity contribution in [2.45, 2.75) is 25.2 Å². The second kappa shape index (κ2) is 8.62. The number of carbonyl (C=O) groups is 2. The molecule has 0 aliphatic carbocycles. The van der Waals surface area contributed by atoms with Crippen LogP contribution in [0.4, 0.5) is 0 Å². The Kier molecular flexibility index (Phi) is 6.52. The molecular weight excluding hydrogens is 344 g/mol. The minimum absolute atomic E-state index is 0.132. The first-order valence-corrected chi connectivity index (χ1v) is 8.45. The third kappa shape index (κ3) is 5.03. The summed E-state index contributed by atoms with van der Waals surface area (Å²) >= 11 is 1.40. The molecule has 25 heavy (non-hydrogen) atoms. The van der Waals surface area contributed by atoms with Crippen molar-refractivity contribution in [3.63, 3.8) is 0 Å². The molecule has 2 rings (SSSR count). The average molecular weight is 364 g/mol. The van der Waals surface area contributed by atoms with Crippen LogP contribution in [-0.2, 0) is 23.8 Å². The maximum absolute atomic E-state index is 11.5. The molecule has 0 radical (unpaired) electrons. The van der Waals surface area contributed by atoms with Crippen LogP contribution in [0.1, 0.15) is 25.5 Å². The van der Waals surface area contributed by atoms with Crippen LogP contribution in [0, 0.1) is 0 Å². The van der Waals surface area contributed by atoms with E-state index in [0.717, 1.165) is 11.3 Å². The van der Waals surface area contributed by atoms with Gasteiger partial charge in [-0.1, -0.05) is 18.2 Å². The first-order chi connectivity index (χ1) is 11.9. The highest BCUT2D eigenvalue weighted by Gasteiger charge is 2.31. The molecule has 6 nitrogen and oxygen atoms in total. The second-order valence-corrected chi connectivity index (χ2v) is 6.41. The summed E-state index contributed by atoms with van der Waals surface area (Å²) in [6.07, 6.45) is 3.19. The molecule has 134 valence electrons. The Bertz CT molecular complexity index is 692. The molecule has 0 fully saturated rings. The van der Waals surface area contributed by atoms with Gasteiger partial charge in [-0.15, -0.1) is 11.8 Å². The van der Waals surface area contributed by atoms with E-state index in [2.05, 4.69) is 0 Å². The molecule has 7 heteroatoms. The van der Waals surface area contributed by atoms with Gasteiger partial charge < -0.3 is 18.9 Å². The molecule has 1 aromatic rings. The van der Waals surface area contributed by atoms with Crippen molar-refractivity contribution < 1.29 is 28.5 Å². The number of benzene rings is 1. The highest BCUT2D eigenvalue weighted by Crippen LogP contribution is 2.42. The van der Waals surface area contributed by atoms with E-state index in [1.165, 1.54) is 32.7 Å². The highest BCUT2D eigenvalue weighted by atomic mass is 32.2. The molecule has 0 spiro atoms. The molecule has 1 unspecified atom stereocenters. The summed E-state index contributed by atoms with van der Waals surface area (Å²) in [6, 6.07) is 7.33. The van der Waals surface area contributed by atoms with Crippen LogP contribution >= 0.6 is 11.8 Å². The van der Waals surface area contributed by atoms with Crippen molar-refractivity contribution in [3.05, 3.63) is 52.8 Å². The lowest BCUT2D eigenvalue weighted by atomic mass is 10.1. The average Bonchev–Trinajstić information content (AvgIpc) is 3.07. The molecular formula is C18H20O6S. The van der Waals surface area contributed by atoms with E-state index in [9.17, 15) is 9.59 Å². The van der Waals surface area contributed by atoms with Crippen LogP contribution < -0.4 is 4.74 Å². The summed E-state index contributed by atoms with van der Waals surface area (Å²) in [5.41, 5.74) is 0.839. The SMILES string of the molecule is CO/C(OC(C)=O)=C1\C=C[C@H](C(OC(C)=O)c2ccc(OC)cc2)S1. The molecule has 0 saturated carbocycles. The minimum atomic E-state index is -0.488. The number of hydrogen-bond acceptors (Lipinski definition) is 7. The molecule has 2 atom stereocenters. The summed E-state index contributed by atoms with van der Waals surface area (Å²) in [5.74, 6) is 0.0114. The molecule has 1 aliphatic heterocycles. The van der Waals surface area contributed by atoms with Crippen LogP contribution in [0.3, 0.4) is 0 Å². The molecule has 0 N–H and O–H groups in total.